The zero-order chi connectivity index (χ0) is 17.2. The molecule has 0 aromatic heterocycles. The Morgan fingerprint density at radius 1 is 1.38 bits per heavy atom. The Morgan fingerprint density at radius 3 is 2.92 bits per heavy atom. The second-order valence-corrected chi connectivity index (χ2v) is 6.63. The van der Waals surface area contributed by atoms with E-state index < -0.39 is 11.5 Å². The predicted octanol–water partition coefficient (Wildman–Crippen LogP) is 1.44. The van der Waals surface area contributed by atoms with Crippen LogP contribution in [0.5, 0.6) is 11.5 Å². The Bertz CT molecular complexity index is 605. The predicted molar refractivity (Wildman–Crippen MR) is 88.4 cm³/mol. The summed E-state index contributed by atoms with van der Waals surface area (Å²) in [7, 11) is 0. The Hall–Kier alpha value is -1.79. The molecule has 0 spiro atoms. The Labute approximate surface area is 142 Å². The van der Waals surface area contributed by atoms with Gasteiger partial charge in [0.05, 0.1) is 18.3 Å². The number of carbonyl (C=O) groups is 1. The number of benzene rings is 1. The van der Waals surface area contributed by atoms with Crippen LogP contribution in [0, 0.1) is 5.41 Å². The van der Waals surface area contributed by atoms with E-state index in [1.165, 1.54) is 0 Å². The van der Waals surface area contributed by atoms with Crippen LogP contribution in [-0.4, -0.2) is 60.0 Å². The molecule has 1 amide bonds. The van der Waals surface area contributed by atoms with Crippen LogP contribution in [0.4, 0.5) is 0 Å². The van der Waals surface area contributed by atoms with Gasteiger partial charge in [-0.3, -0.25) is 4.79 Å². The molecule has 1 aromatic carbocycles. The van der Waals surface area contributed by atoms with E-state index >= 15 is 0 Å². The number of hydrogen-bond acceptors (Lipinski definition) is 5. The molecule has 1 fully saturated rings. The molecule has 0 unspecified atom stereocenters. The Balaban J connectivity index is 1.85. The number of para-hydroxylation sites is 1. The van der Waals surface area contributed by atoms with Gasteiger partial charge in [0.2, 0.25) is 0 Å². The number of piperidine rings is 1. The number of carbonyl (C=O) groups excluding carboxylic acids is 1. The van der Waals surface area contributed by atoms with Crippen molar-refractivity contribution in [2.24, 2.45) is 5.41 Å². The van der Waals surface area contributed by atoms with E-state index in [1.807, 2.05) is 6.92 Å². The summed E-state index contributed by atoms with van der Waals surface area (Å²) in [6, 6.07) is 5.31. The van der Waals surface area contributed by atoms with Crippen LogP contribution in [0.2, 0.25) is 0 Å². The van der Waals surface area contributed by atoms with Crippen LogP contribution < -0.4 is 9.47 Å². The van der Waals surface area contributed by atoms with Crippen molar-refractivity contribution in [1.29, 1.82) is 0 Å². The van der Waals surface area contributed by atoms with Crippen LogP contribution in [0.3, 0.4) is 0 Å². The van der Waals surface area contributed by atoms with Gasteiger partial charge in [0.15, 0.2) is 11.5 Å². The molecule has 6 nitrogen and oxygen atoms in total. The van der Waals surface area contributed by atoms with Gasteiger partial charge in [0.25, 0.3) is 5.91 Å². The first-order chi connectivity index (χ1) is 11.6. The molecule has 0 bridgehead atoms. The highest BCUT2D eigenvalue weighted by molar-refractivity contribution is 5.98. The van der Waals surface area contributed by atoms with Crippen molar-refractivity contribution in [3.63, 3.8) is 0 Å². The van der Waals surface area contributed by atoms with Gasteiger partial charge in [-0.05, 0) is 25.0 Å². The Morgan fingerprint density at radius 2 is 2.17 bits per heavy atom. The molecule has 132 valence electrons. The van der Waals surface area contributed by atoms with E-state index in [2.05, 4.69) is 0 Å². The van der Waals surface area contributed by atoms with Gasteiger partial charge in [0.1, 0.15) is 13.2 Å². The highest BCUT2D eigenvalue weighted by Gasteiger charge is 2.43. The van der Waals surface area contributed by atoms with E-state index in [0.29, 0.717) is 56.2 Å². The normalized spacial score (nSPS) is 26.3. The quantitative estimate of drug-likeness (QED) is 0.870. The number of aliphatic hydroxyl groups excluding tert-OH is 2. The van der Waals surface area contributed by atoms with E-state index in [9.17, 15) is 15.0 Å². The number of nitrogens with zero attached hydrogens (tertiary/aromatic N) is 1. The maximum Gasteiger partial charge on any atom is 0.257 e. The lowest BCUT2D eigenvalue weighted by atomic mass is 9.74. The van der Waals surface area contributed by atoms with Crippen molar-refractivity contribution in [3.05, 3.63) is 23.8 Å². The molecule has 0 aliphatic carbocycles. The first-order valence-electron chi connectivity index (χ1n) is 8.58. The molecule has 0 saturated carbocycles. The number of aliphatic hydroxyl groups is 2. The highest BCUT2D eigenvalue weighted by atomic mass is 16.6. The van der Waals surface area contributed by atoms with Crippen LogP contribution in [0.15, 0.2) is 18.2 Å². The minimum absolute atomic E-state index is 0.127. The van der Waals surface area contributed by atoms with Crippen molar-refractivity contribution in [3.8, 4) is 11.5 Å². The molecule has 6 heteroatoms. The fourth-order valence-electron chi connectivity index (χ4n) is 3.71. The number of rotatable bonds is 4. The third-order valence-electron chi connectivity index (χ3n) is 5.03. The fraction of sp³-hybridized carbons (Fsp3) is 0.611. The summed E-state index contributed by atoms with van der Waals surface area (Å²) in [6.07, 6.45) is 1.41. The van der Waals surface area contributed by atoms with Gasteiger partial charge in [-0.25, -0.2) is 0 Å². The SMILES string of the molecule is CCC[C@]1(CO)CN(C(=O)c2cccc3c2OCCO3)CC[C@H]1O. The summed E-state index contributed by atoms with van der Waals surface area (Å²) < 4.78 is 11.2. The summed E-state index contributed by atoms with van der Waals surface area (Å²) in [6.45, 7) is 3.61. The monoisotopic (exact) mass is 335 g/mol. The molecule has 1 saturated heterocycles. The molecule has 1 aromatic rings. The third kappa shape index (κ3) is 2.96. The van der Waals surface area contributed by atoms with Crippen molar-refractivity contribution in [2.75, 3.05) is 32.9 Å². The minimum atomic E-state index is -0.644. The van der Waals surface area contributed by atoms with E-state index in [0.717, 1.165) is 6.42 Å². The average Bonchev–Trinajstić information content (AvgIpc) is 2.62. The maximum atomic E-state index is 13.0. The lowest BCUT2D eigenvalue weighted by molar-refractivity contribution is -0.0720. The van der Waals surface area contributed by atoms with Crippen LogP contribution >= 0.6 is 0 Å². The smallest absolute Gasteiger partial charge is 0.257 e. The number of fused-ring (bicyclic) bond motifs is 1. The van der Waals surface area contributed by atoms with Gasteiger partial charge in [-0.2, -0.15) is 0 Å². The van der Waals surface area contributed by atoms with Gasteiger partial charge in [0, 0.05) is 18.5 Å². The molecule has 24 heavy (non-hydrogen) atoms. The second kappa shape index (κ2) is 6.99. The molecule has 2 N–H and O–H groups in total. The molecule has 3 rings (SSSR count). The van der Waals surface area contributed by atoms with Crippen LogP contribution in [-0.2, 0) is 0 Å². The van der Waals surface area contributed by atoms with E-state index in [1.54, 1.807) is 23.1 Å². The van der Waals surface area contributed by atoms with Gasteiger partial charge in [-0.15, -0.1) is 0 Å². The van der Waals surface area contributed by atoms with Crippen molar-refractivity contribution >= 4 is 5.91 Å². The van der Waals surface area contributed by atoms with Gasteiger partial charge >= 0.3 is 0 Å². The molecule has 2 aliphatic heterocycles. The zero-order valence-electron chi connectivity index (χ0n) is 14.0. The van der Waals surface area contributed by atoms with Crippen molar-refractivity contribution in [1.82, 2.24) is 4.90 Å². The zero-order valence-corrected chi connectivity index (χ0v) is 14.0. The fourth-order valence-corrected chi connectivity index (χ4v) is 3.71. The number of amides is 1. The lowest BCUT2D eigenvalue weighted by Crippen LogP contribution is -2.55. The summed E-state index contributed by atoms with van der Waals surface area (Å²) in [5.41, 5.74) is -0.165. The Kier molecular flexibility index (Phi) is 4.96. The summed E-state index contributed by atoms with van der Waals surface area (Å²) in [5, 5.41) is 20.2. The summed E-state index contributed by atoms with van der Waals surface area (Å²) >= 11 is 0. The molecular weight excluding hydrogens is 310 g/mol. The first kappa shape index (κ1) is 17.0. The minimum Gasteiger partial charge on any atom is -0.486 e. The standard InChI is InChI=1S/C18H25NO5/c1-2-7-18(12-20)11-19(8-6-15(18)21)17(22)13-4-3-5-14-16(13)24-10-9-23-14/h3-5,15,20-21H,2,6-12H2,1H3/t15-,18-/m1/s1. The summed E-state index contributed by atoms with van der Waals surface area (Å²) in [4.78, 5) is 14.7. The second-order valence-electron chi connectivity index (χ2n) is 6.63. The topological polar surface area (TPSA) is 79.2 Å². The van der Waals surface area contributed by atoms with Crippen LogP contribution in [0.1, 0.15) is 36.5 Å². The molecule has 2 heterocycles. The lowest BCUT2D eigenvalue weighted by Gasteiger charge is -2.45. The summed E-state index contributed by atoms with van der Waals surface area (Å²) in [5.74, 6) is 0.939. The third-order valence-corrected chi connectivity index (χ3v) is 5.03. The number of likely N-dealkylation sites (tertiary alicyclic amines) is 1. The molecule has 0 radical (unpaired) electrons. The molecule has 2 atom stereocenters. The number of hydrogen-bond donors (Lipinski definition) is 2. The largest absolute Gasteiger partial charge is 0.486 e. The van der Waals surface area contributed by atoms with E-state index in [4.69, 9.17) is 9.47 Å². The first-order valence-corrected chi connectivity index (χ1v) is 8.58. The van der Waals surface area contributed by atoms with Crippen molar-refractivity contribution < 1.29 is 24.5 Å². The van der Waals surface area contributed by atoms with Crippen molar-refractivity contribution in [2.45, 2.75) is 32.3 Å². The average molecular weight is 335 g/mol. The maximum absolute atomic E-state index is 13.0. The van der Waals surface area contributed by atoms with Gasteiger partial charge < -0.3 is 24.6 Å². The van der Waals surface area contributed by atoms with Crippen LogP contribution in [0.25, 0.3) is 0 Å². The van der Waals surface area contributed by atoms with Gasteiger partial charge in [-0.1, -0.05) is 19.4 Å². The number of ether oxygens (including phenoxy) is 2. The molecule has 2 aliphatic rings. The van der Waals surface area contributed by atoms with E-state index in [-0.39, 0.29) is 12.5 Å². The highest BCUT2D eigenvalue weighted by Crippen LogP contribution is 2.38. The molecular formula is C18H25NO5.